The standard InChI is InChI=1S/C31H36ClFN4O4/c1-20-5-4-8-29(37-30(38)28(34)15-22-6-2-3-7-27(22)32)26(20)14-13-25-17-35-24(18-40-25)19-41-31(39)36-16-21-9-11-23(33)12-10-21/h2-12,24-25,28,35H,13-19,34H2,1H3,(H,36,39)(H,37,38)/t24-,25+,28-/m0/s1. The number of nitrogens with one attached hydrogen (secondary N) is 3. The van der Waals surface area contributed by atoms with Gasteiger partial charge in [0.2, 0.25) is 5.91 Å². The van der Waals surface area contributed by atoms with Gasteiger partial charge in [0.25, 0.3) is 0 Å². The number of morpholine rings is 1. The van der Waals surface area contributed by atoms with E-state index in [-0.39, 0.29) is 37.0 Å². The number of halogens is 2. The van der Waals surface area contributed by atoms with Gasteiger partial charge in [-0.1, -0.05) is 54.1 Å². The molecule has 1 fully saturated rings. The Kier molecular flexibility index (Phi) is 11.1. The predicted molar refractivity (Wildman–Crippen MR) is 157 cm³/mol. The lowest BCUT2D eigenvalue weighted by Crippen LogP contribution is -2.49. The molecule has 0 saturated carbocycles. The lowest BCUT2D eigenvalue weighted by molar-refractivity contribution is -0.117. The van der Waals surface area contributed by atoms with Gasteiger partial charge in [-0.05, 0) is 72.7 Å². The lowest BCUT2D eigenvalue weighted by atomic mass is 9.98. The van der Waals surface area contributed by atoms with Crippen molar-refractivity contribution in [2.45, 2.75) is 50.9 Å². The molecule has 3 atom stereocenters. The van der Waals surface area contributed by atoms with Crippen molar-refractivity contribution in [1.82, 2.24) is 10.6 Å². The van der Waals surface area contributed by atoms with Gasteiger partial charge in [0.05, 0.1) is 24.8 Å². The van der Waals surface area contributed by atoms with Crippen molar-refractivity contribution >= 4 is 29.3 Å². The third-order valence-corrected chi connectivity index (χ3v) is 7.42. The number of benzene rings is 3. The van der Waals surface area contributed by atoms with E-state index < -0.39 is 12.1 Å². The highest BCUT2D eigenvalue weighted by atomic mass is 35.5. The first kappa shape index (κ1) is 30.5. The number of hydrogen-bond acceptors (Lipinski definition) is 6. The molecular formula is C31H36ClFN4O4. The van der Waals surface area contributed by atoms with Crippen LogP contribution < -0.4 is 21.7 Å². The second-order valence-corrected chi connectivity index (χ2v) is 10.6. The van der Waals surface area contributed by atoms with E-state index in [1.807, 2.05) is 43.3 Å². The maximum atomic E-state index is 13.0. The zero-order chi connectivity index (χ0) is 29.2. The summed E-state index contributed by atoms with van der Waals surface area (Å²) in [6.45, 7) is 3.46. The molecule has 0 spiro atoms. The van der Waals surface area contributed by atoms with Crippen LogP contribution in [0, 0.1) is 12.7 Å². The zero-order valence-corrected chi connectivity index (χ0v) is 23.8. The smallest absolute Gasteiger partial charge is 0.407 e. The predicted octanol–water partition coefficient (Wildman–Crippen LogP) is 4.51. The fourth-order valence-electron chi connectivity index (χ4n) is 4.64. The molecule has 218 valence electrons. The summed E-state index contributed by atoms with van der Waals surface area (Å²) in [4.78, 5) is 24.9. The van der Waals surface area contributed by atoms with Gasteiger partial charge in [-0.3, -0.25) is 4.79 Å². The van der Waals surface area contributed by atoms with Crippen molar-refractivity contribution < 1.29 is 23.5 Å². The topological polar surface area (TPSA) is 115 Å². The van der Waals surface area contributed by atoms with Gasteiger partial charge < -0.3 is 31.2 Å². The molecule has 8 nitrogen and oxygen atoms in total. The molecule has 1 aliphatic rings. The molecule has 0 radical (unpaired) electrons. The number of ether oxygens (including phenoxy) is 2. The zero-order valence-electron chi connectivity index (χ0n) is 23.0. The summed E-state index contributed by atoms with van der Waals surface area (Å²) in [6, 6.07) is 18.2. The second kappa shape index (κ2) is 14.9. The summed E-state index contributed by atoms with van der Waals surface area (Å²) < 4.78 is 24.3. The normalized spacial score (nSPS) is 17.5. The fraction of sp³-hybridized carbons (Fsp3) is 0.355. The monoisotopic (exact) mass is 582 g/mol. The van der Waals surface area contributed by atoms with E-state index in [2.05, 4.69) is 16.0 Å². The summed E-state index contributed by atoms with van der Waals surface area (Å²) in [5.74, 6) is -0.591. The lowest BCUT2D eigenvalue weighted by Gasteiger charge is -2.30. The Balaban J connectivity index is 1.20. The maximum Gasteiger partial charge on any atom is 0.407 e. The number of amides is 2. The van der Waals surface area contributed by atoms with E-state index in [1.165, 1.54) is 12.1 Å². The highest BCUT2D eigenvalue weighted by molar-refractivity contribution is 6.31. The van der Waals surface area contributed by atoms with E-state index in [9.17, 15) is 14.0 Å². The number of hydrogen-bond donors (Lipinski definition) is 4. The molecule has 0 aromatic heterocycles. The van der Waals surface area contributed by atoms with E-state index >= 15 is 0 Å². The minimum absolute atomic E-state index is 0.0239. The molecule has 1 heterocycles. The molecule has 41 heavy (non-hydrogen) atoms. The molecule has 3 aromatic rings. The largest absolute Gasteiger partial charge is 0.448 e. The van der Waals surface area contributed by atoms with E-state index in [4.69, 9.17) is 26.8 Å². The van der Waals surface area contributed by atoms with Crippen LogP contribution in [0.4, 0.5) is 14.9 Å². The molecule has 3 aromatic carbocycles. The van der Waals surface area contributed by atoms with Gasteiger partial charge in [0.15, 0.2) is 0 Å². The van der Waals surface area contributed by atoms with Crippen LogP contribution in [0.25, 0.3) is 0 Å². The Bertz CT molecular complexity index is 1320. The molecule has 1 saturated heterocycles. The molecule has 4 rings (SSSR count). The summed E-state index contributed by atoms with van der Waals surface area (Å²) in [5, 5.41) is 9.62. The molecule has 5 N–H and O–H groups in total. The molecular weight excluding hydrogens is 547 g/mol. The van der Waals surface area contributed by atoms with Crippen molar-refractivity contribution in [3.05, 3.63) is 99.8 Å². The summed E-state index contributed by atoms with van der Waals surface area (Å²) in [6.07, 6.45) is 1.23. The van der Waals surface area contributed by atoms with Crippen molar-refractivity contribution in [3.63, 3.8) is 0 Å². The first-order chi connectivity index (χ1) is 19.8. The van der Waals surface area contributed by atoms with Gasteiger partial charge in [-0.2, -0.15) is 0 Å². The SMILES string of the molecule is Cc1cccc(NC(=O)[C@@H](N)Cc2ccccc2Cl)c1CC[C@@H]1CN[C@H](COC(=O)NCc2ccc(F)cc2)CO1. The Hall–Kier alpha value is -3.50. The van der Waals surface area contributed by atoms with Gasteiger partial charge in [0.1, 0.15) is 12.4 Å². The summed E-state index contributed by atoms with van der Waals surface area (Å²) in [7, 11) is 0. The highest BCUT2D eigenvalue weighted by Gasteiger charge is 2.23. The van der Waals surface area contributed by atoms with Crippen molar-refractivity contribution in [1.29, 1.82) is 0 Å². The van der Waals surface area contributed by atoms with Gasteiger partial charge in [-0.15, -0.1) is 0 Å². The van der Waals surface area contributed by atoms with Crippen LogP contribution in [-0.4, -0.2) is 49.9 Å². The Morgan fingerprint density at radius 1 is 1.15 bits per heavy atom. The maximum absolute atomic E-state index is 13.0. The van der Waals surface area contributed by atoms with E-state index in [0.29, 0.717) is 31.0 Å². The van der Waals surface area contributed by atoms with Crippen molar-refractivity contribution in [3.8, 4) is 0 Å². The average Bonchev–Trinajstić information content (AvgIpc) is 2.97. The van der Waals surface area contributed by atoms with Crippen LogP contribution >= 0.6 is 11.6 Å². The highest BCUT2D eigenvalue weighted by Crippen LogP contribution is 2.24. The first-order valence-corrected chi connectivity index (χ1v) is 14.0. The number of alkyl carbamates (subject to hydrolysis) is 1. The van der Waals surface area contributed by atoms with Crippen molar-refractivity contribution in [2.24, 2.45) is 5.73 Å². The Labute approximate surface area is 244 Å². The number of aryl methyl sites for hydroxylation is 1. The van der Waals surface area contributed by atoms with E-state index in [0.717, 1.165) is 34.4 Å². The summed E-state index contributed by atoms with van der Waals surface area (Å²) in [5.41, 5.74) is 10.7. The third kappa shape index (κ3) is 9.26. The molecule has 10 heteroatoms. The Morgan fingerprint density at radius 3 is 2.66 bits per heavy atom. The summed E-state index contributed by atoms with van der Waals surface area (Å²) >= 11 is 6.23. The second-order valence-electron chi connectivity index (χ2n) is 10.2. The van der Waals surface area contributed by atoms with Gasteiger partial charge >= 0.3 is 6.09 Å². The number of carbonyl (C=O) groups is 2. The molecule has 2 amide bonds. The average molecular weight is 583 g/mol. The van der Waals surface area contributed by atoms with Crippen molar-refractivity contribution in [2.75, 3.05) is 25.1 Å². The van der Waals surface area contributed by atoms with Gasteiger partial charge in [-0.25, -0.2) is 9.18 Å². The number of anilines is 1. The quantitative estimate of drug-likeness (QED) is 0.264. The third-order valence-electron chi connectivity index (χ3n) is 7.05. The van der Waals surface area contributed by atoms with Crippen LogP contribution in [-0.2, 0) is 33.7 Å². The van der Waals surface area contributed by atoms with Crippen LogP contribution in [0.15, 0.2) is 66.7 Å². The first-order valence-electron chi connectivity index (χ1n) is 13.7. The fourth-order valence-corrected chi connectivity index (χ4v) is 4.85. The number of rotatable bonds is 11. The molecule has 0 aliphatic carbocycles. The van der Waals surface area contributed by atoms with Crippen LogP contribution in [0.5, 0.6) is 0 Å². The molecule has 0 bridgehead atoms. The number of carbonyl (C=O) groups excluding carboxylic acids is 2. The van der Waals surface area contributed by atoms with Crippen LogP contribution in [0.3, 0.4) is 0 Å². The van der Waals surface area contributed by atoms with Crippen LogP contribution in [0.1, 0.15) is 28.7 Å². The molecule has 0 unspecified atom stereocenters. The van der Waals surface area contributed by atoms with Gasteiger partial charge in [0, 0.05) is 23.8 Å². The minimum Gasteiger partial charge on any atom is -0.448 e. The minimum atomic E-state index is -0.738. The van der Waals surface area contributed by atoms with Crippen LogP contribution in [0.2, 0.25) is 5.02 Å². The Morgan fingerprint density at radius 2 is 1.93 bits per heavy atom. The van der Waals surface area contributed by atoms with E-state index in [1.54, 1.807) is 18.2 Å². The number of nitrogens with two attached hydrogens (primary N) is 1. The molecule has 1 aliphatic heterocycles.